The van der Waals surface area contributed by atoms with E-state index < -0.39 is 30.5 Å². The fourth-order valence-corrected chi connectivity index (χ4v) is 1.41. The van der Waals surface area contributed by atoms with Crippen LogP contribution in [-0.4, -0.2) is 57.6 Å². The van der Waals surface area contributed by atoms with E-state index in [2.05, 4.69) is 0 Å². The minimum absolute atomic E-state index is 0.00435. The Kier molecular flexibility index (Phi) is 3.63. The second kappa shape index (κ2) is 4.34. The Hall–Kier alpha value is -0.200. The summed E-state index contributed by atoms with van der Waals surface area (Å²) in [7, 11) is 0. The van der Waals surface area contributed by atoms with E-state index >= 15 is 0 Å². The molecule has 0 aromatic rings. The van der Waals surface area contributed by atoms with E-state index in [9.17, 15) is 10.2 Å². The normalized spacial score (nSPS) is 43.2. The van der Waals surface area contributed by atoms with Gasteiger partial charge in [0, 0.05) is 6.42 Å². The highest BCUT2D eigenvalue weighted by molar-refractivity contribution is 4.87. The number of aliphatic hydroxyl groups is 4. The molecule has 1 rings (SSSR count). The number of hydrogen-bond donors (Lipinski definition) is 4. The minimum atomic E-state index is -1.18. The van der Waals surface area contributed by atoms with Gasteiger partial charge in [0.15, 0.2) is 0 Å². The predicted octanol–water partition coefficient (Wildman–Crippen LogP) is -1.76. The molecule has 78 valence electrons. The standard InChI is InChI=1S/C8H16O5/c1-4(9)2-6-8(12)7(11)5(10)3-13-6/h4-12H,2-3H2,1H3/t4?,5-,6+,7+,8+/m1/s1. The van der Waals surface area contributed by atoms with Crippen LogP contribution in [0.2, 0.25) is 0 Å². The summed E-state index contributed by atoms with van der Waals surface area (Å²) in [5, 5.41) is 36.8. The van der Waals surface area contributed by atoms with Crippen molar-refractivity contribution in [1.82, 2.24) is 0 Å². The SMILES string of the molecule is CC(O)C[C@@H]1OC[C@@H](O)[C@H](O)[C@H]1O. The van der Waals surface area contributed by atoms with E-state index in [0.717, 1.165) is 0 Å². The Bertz CT molecular complexity index is 161. The number of rotatable bonds is 2. The third-order valence-electron chi connectivity index (χ3n) is 2.18. The molecule has 1 fully saturated rings. The first-order chi connectivity index (χ1) is 6.02. The van der Waals surface area contributed by atoms with E-state index in [4.69, 9.17) is 14.9 Å². The van der Waals surface area contributed by atoms with Gasteiger partial charge in [0.1, 0.15) is 18.3 Å². The monoisotopic (exact) mass is 192 g/mol. The van der Waals surface area contributed by atoms with Crippen LogP contribution in [0.25, 0.3) is 0 Å². The van der Waals surface area contributed by atoms with Crippen LogP contribution in [0.3, 0.4) is 0 Å². The summed E-state index contributed by atoms with van der Waals surface area (Å²) in [5.41, 5.74) is 0. The quantitative estimate of drug-likeness (QED) is 0.416. The first kappa shape index (κ1) is 10.9. The van der Waals surface area contributed by atoms with Crippen LogP contribution in [-0.2, 0) is 4.74 Å². The van der Waals surface area contributed by atoms with Gasteiger partial charge in [-0.3, -0.25) is 0 Å². The molecule has 0 aromatic carbocycles. The molecule has 0 bridgehead atoms. The van der Waals surface area contributed by atoms with Crippen molar-refractivity contribution in [3.63, 3.8) is 0 Å². The molecule has 1 unspecified atom stereocenters. The molecule has 0 spiro atoms. The van der Waals surface area contributed by atoms with Gasteiger partial charge in [-0.25, -0.2) is 0 Å². The summed E-state index contributed by atoms with van der Waals surface area (Å²) in [6, 6.07) is 0. The zero-order chi connectivity index (χ0) is 10.0. The van der Waals surface area contributed by atoms with Crippen molar-refractivity contribution >= 4 is 0 Å². The highest BCUT2D eigenvalue weighted by Gasteiger charge is 2.37. The molecule has 0 saturated carbocycles. The Morgan fingerprint density at radius 2 is 1.92 bits per heavy atom. The molecular weight excluding hydrogens is 176 g/mol. The second-order valence-corrected chi connectivity index (χ2v) is 3.51. The van der Waals surface area contributed by atoms with Crippen molar-refractivity contribution in [3.05, 3.63) is 0 Å². The lowest BCUT2D eigenvalue weighted by atomic mass is 9.96. The Morgan fingerprint density at radius 3 is 2.46 bits per heavy atom. The smallest absolute Gasteiger partial charge is 0.111 e. The van der Waals surface area contributed by atoms with E-state index in [1.807, 2.05) is 0 Å². The molecule has 1 saturated heterocycles. The molecule has 1 aliphatic heterocycles. The maximum Gasteiger partial charge on any atom is 0.111 e. The zero-order valence-electron chi connectivity index (χ0n) is 7.50. The van der Waals surface area contributed by atoms with Gasteiger partial charge in [-0.15, -0.1) is 0 Å². The van der Waals surface area contributed by atoms with Crippen LogP contribution in [0, 0.1) is 0 Å². The molecule has 0 aliphatic carbocycles. The predicted molar refractivity (Wildman–Crippen MR) is 44.1 cm³/mol. The number of ether oxygens (including phenoxy) is 1. The van der Waals surface area contributed by atoms with Gasteiger partial charge in [-0.1, -0.05) is 0 Å². The van der Waals surface area contributed by atoms with Gasteiger partial charge in [0.25, 0.3) is 0 Å². The largest absolute Gasteiger partial charge is 0.393 e. The van der Waals surface area contributed by atoms with E-state index in [0.29, 0.717) is 0 Å². The van der Waals surface area contributed by atoms with Gasteiger partial charge in [0.05, 0.1) is 18.8 Å². The van der Waals surface area contributed by atoms with E-state index in [1.165, 1.54) is 0 Å². The average molecular weight is 192 g/mol. The molecule has 1 aliphatic rings. The lowest BCUT2D eigenvalue weighted by Crippen LogP contribution is -2.53. The third-order valence-corrected chi connectivity index (χ3v) is 2.18. The average Bonchev–Trinajstić information content (AvgIpc) is 2.06. The van der Waals surface area contributed by atoms with Crippen molar-refractivity contribution in [2.75, 3.05) is 6.61 Å². The van der Waals surface area contributed by atoms with Gasteiger partial charge >= 0.3 is 0 Å². The Labute approximate surface area is 76.6 Å². The highest BCUT2D eigenvalue weighted by Crippen LogP contribution is 2.19. The molecule has 5 heteroatoms. The molecule has 0 aromatic heterocycles. The summed E-state index contributed by atoms with van der Waals surface area (Å²) in [6.45, 7) is 1.57. The fourth-order valence-electron chi connectivity index (χ4n) is 1.41. The summed E-state index contributed by atoms with van der Waals surface area (Å²) >= 11 is 0. The minimum Gasteiger partial charge on any atom is -0.393 e. The van der Waals surface area contributed by atoms with Gasteiger partial charge in [0.2, 0.25) is 0 Å². The van der Waals surface area contributed by atoms with Crippen molar-refractivity contribution in [3.8, 4) is 0 Å². The molecule has 0 radical (unpaired) electrons. The Balaban J connectivity index is 2.48. The molecule has 0 amide bonds. The van der Waals surface area contributed by atoms with E-state index in [1.54, 1.807) is 6.92 Å². The van der Waals surface area contributed by atoms with Crippen LogP contribution in [0.4, 0.5) is 0 Å². The van der Waals surface area contributed by atoms with Crippen molar-refractivity contribution in [1.29, 1.82) is 0 Å². The first-order valence-corrected chi connectivity index (χ1v) is 4.36. The molecule has 5 atom stereocenters. The lowest BCUT2D eigenvalue weighted by Gasteiger charge is -2.35. The lowest BCUT2D eigenvalue weighted by molar-refractivity contribution is -0.192. The number of aliphatic hydroxyl groups excluding tert-OH is 4. The van der Waals surface area contributed by atoms with Crippen LogP contribution in [0.1, 0.15) is 13.3 Å². The molecule has 1 heterocycles. The number of hydrogen-bond acceptors (Lipinski definition) is 5. The maximum atomic E-state index is 9.41. The zero-order valence-corrected chi connectivity index (χ0v) is 7.50. The summed E-state index contributed by atoms with van der Waals surface area (Å²) in [5.74, 6) is 0. The van der Waals surface area contributed by atoms with Gasteiger partial charge in [-0.2, -0.15) is 0 Å². The van der Waals surface area contributed by atoms with Crippen molar-refractivity contribution in [2.45, 2.75) is 43.9 Å². The van der Waals surface area contributed by atoms with Crippen molar-refractivity contribution < 1.29 is 25.2 Å². The van der Waals surface area contributed by atoms with Gasteiger partial charge in [-0.05, 0) is 6.92 Å². The maximum absolute atomic E-state index is 9.41. The summed E-state index contributed by atoms with van der Waals surface area (Å²) in [6.07, 6.45) is -4.29. The van der Waals surface area contributed by atoms with Crippen LogP contribution < -0.4 is 0 Å². The van der Waals surface area contributed by atoms with Crippen LogP contribution >= 0.6 is 0 Å². The molecular formula is C8H16O5. The van der Waals surface area contributed by atoms with E-state index in [-0.39, 0.29) is 13.0 Å². The van der Waals surface area contributed by atoms with Crippen molar-refractivity contribution in [2.24, 2.45) is 0 Å². The summed E-state index contributed by atoms with van der Waals surface area (Å²) in [4.78, 5) is 0. The van der Waals surface area contributed by atoms with Crippen LogP contribution in [0.15, 0.2) is 0 Å². The molecule has 13 heavy (non-hydrogen) atoms. The third kappa shape index (κ3) is 2.62. The molecule has 5 nitrogen and oxygen atoms in total. The second-order valence-electron chi connectivity index (χ2n) is 3.51. The highest BCUT2D eigenvalue weighted by atomic mass is 16.5. The molecule has 4 N–H and O–H groups in total. The van der Waals surface area contributed by atoms with Crippen LogP contribution in [0.5, 0.6) is 0 Å². The first-order valence-electron chi connectivity index (χ1n) is 4.36. The fraction of sp³-hybridized carbons (Fsp3) is 1.00. The Morgan fingerprint density at radius 1 is 1.31 bits per heavy atom. The summed E-state index contributed by atoms with van der Waals surface area (Å²) < 4.78 is 5.06. The topological polar surface area (TPSA) is 90.2 Å². The van der Waals surface area contributed by atoms with Gasteiger partial charge < -0.3 is 25.2 Å².